The van der Waals surface area contributed by atoms with Gasteiger partial charge in [0.1, 0.15) is 5.69 Å². The Morgan fingerprint density at radius 2 is 1.96 bits per heavy atom. The second-order valence-electron chi connectivity index (χ2n) is 7.48. The Morgan fingerprint density at radius 1 is 1.26 bits per heavy atom. The third-order valence-corrected chi connectivity index (χ3v) is 5.48. The summed E-state index contributed by atoms with van der Waals surface area (Å²) in [4.78, 5) is 27.9. The van der Waals surface area contributed by atoms with E-state index in [-0.39, 0.29) is 16.5 Å². The number of carbonyl (C=O) groups is 1. The van der Waals surface area contributed by atoms with Crippen LogP contribution >= 0.6 is 0 Å². The lowest BCUT2D eigenvalue weighted by molar-refractivity contribution is -0.384. The average Bonchev–Trinajstić information content (AvgIpc) is 2.69. The fourth-order valence-electron chi connectivity index (χ4n) is 3.69. The molecule has 0 spiro atoms. The fraction of sp³-hybridized carbons (Fsp3) is 0.632. The van der Waals surface area contributed by atoms with Crippen LogP contribution in [0.2, 0.25) is 0 Å². The van der Waals surface area contributed by atoms with Gasteiger partial charge in [0.15, 0.2) is 0 Å². The van der Waals surface area contributed by atoms with Crippen LogP contribution in [0.4, 0.5) is 11.4 Å². The highest BCUT2D eigenvalue weighted by Gasteiger charge is 2.24. The lowest BCUT2D eigenvalue weighted by Crippen LogP contribution is -2.46. The number of nitro benzene ring substituents is 1. The first-order chi connectivity index (χ1) is 13.0. The van der Waals surface area contributed by atoms with Crippen LogP contribution in [0.25, 0.3) is 0 Å². The Hall–Kier alpha value is -2.19. The summed E-state index contributed by atoms with van der Waals surface area (Å²) in [6, 6.07) is 4.83. The van der Waals surface area contributed by atoms with Crippen molar-refractivity contribution in [1.29, 1.82) is 0 Å². The van der Waals surface area contributed by atoms with Crippen molar-refractivity contribution in [2.45, 2.75) is 19.8 Å². The number of nitrogens with one attached hydrogen (secondary N) is 2. The number of amides is 1. The molecule has 2 fully saturated rings. The number of piperazine rings is 1. The van der Waals surface area contributed by atoms with Gasteiger partial charge in [-0.2, -0.15) is 0 Å². The molecule has 1 aromatic carbocycles. The van der Waals surface area contributed by atoms with Gasteiger partial charge in [0.05, 0.1) is 4.92 Å². The zero-order valence-electron chi connectivity index (χ0n) is 15.9. The summed E-state index contributed by atoms with van der Waals surface area (Å²) < 4.78 is 0. The van der Waals surface area contributed by atoms with Gasteiger partial charge >= 0.3 is 0 Å². The maximum absolute atomic E-state index is 12.4. The molecule has 0 saturated carbocycles. The molecule has 1 aromatic rings. The molecule has 0 bridgehead atoms. The first kappa shape index (κ1) is 19.6. The molecule has 0 radical (unpaired) electrons. The predicted molar refractivity (Wildman–Crippen MR) is 105 cm³/mol. The van der Waals surface area contributed by atoms with Crippen molar-refractivity contribution >= 4 is 17.3 Å². The number of hydrogen-bond donors (Lipinski definition) is 2. The Labute approximate surface area is 160 Å². The van der Waals surface area contributed by atoms with Gasteiger partial charge in [-0.3, -0.25) is 19.8 Å². The van der Waals surface area contributed by atoms with Crippen LogP contribution in [0.3, 0.4) is 0 Å². The number of nitro groups is 1. The zero-order valence-corrected chi connectivity index (χ0v) is 15.9. The number of benzene rings is 1. The van der Waals surface area contributed by atoms with E-state index in [0.717, 1.165) is 58.7 Å². The highest BCUT2D eigenvalue weighted by molar-refractivity contribution is 5.95. The number of hydrogen-bond acceptors (Lipinski definition) is 6. The van der Waals surface area contributed by atoms with Crippen molar-refractivity contribution in [2.24, 2.45) is 5.92 Å². The Kier molecular flexibility index (Phi) is 6.63. The molecule has 27 heavy (non-hydrogen) atoms. The van der Waals surface area contributed by atoms with Gasteiger partial charge in [-0.25, -0.2) is 0 Å². The van der Waals surface area contributed by atoms with E-state index in [1.807, 2.05) is 0 Å². The molecule has 8 heteroatoms. The summed E-state index contributed by atoms with van der Waals surface area (Å²) in [5.41, 5.74) is 0.972. The third-order valence-electron chi connectivity index (χ3n) is 5.48. The summed E-state index contributed by atoms with van der Waals surface area (Å²) in [5, 5.41) is 17.7. The van der Waals surface area contributed by atoms with Crippen LogP contribution in [-0.2, 0) is 0 Å². The maximum Gasteiger partial charge on any atom is 0.293 e. The number of rotatable bonds is 6. The normalized spacial score (nSPS) is 19.1. The van der Waals surface area contributed by atoms with Crippen LogP contribution in [0.1, 0.15) is 30.1 Å². The molecule has 2 heterocycles. The first-order valence-corrected chi connectivity index (χ1v) is 9.79. The van der Waals surface area contributed by atoms with E-state index in [4.69, 9.17) is 0 Å². The second kappa shape index (κ2) is 9.14. The summed E-state index contributed by atoms with van der Waals surface area (Å²) in [6.07, 6.45) is 2.07. The molecule has 0 aliphatic carbocycles. The van der Waals surface area contributed by atoms with Gasteiger partial charge in [-0.1, -0.05) is 6.92 Å². The predicted octanol–water partition coefficient (Wildman–Crippen LogP) is 1.47. The van der Waals surface area contributed by atoms with E-state index >= 15 is 0 Å². The minimum Gasteiger partial charge on any atom is -0.366 e. The summed E-state index contributed by atoms with van der Waals surface area (Å²) in [7, 11) is 0. The quantitative estimate of drug-likeness (QED) is 0.578. The molecule has 0 unspecified atom stereocenters. The minimum absolute atomic E-state index is 0.0132. The third kappa shape index (κ3) is 5.17. The molecule has 8 nitrogen and oxygen atoms in total. The fourth-order valence-corrected chi connectivity index (χ4v) is 3.69. The Morgan fingerprint density at radius 3 is 2.63 bits per heavy atom. The van der Waals surface area contributed by atoms with Crippen LogP contribution < -0.4 is 15.5 Å². The highest BCUT2D eigenvalue weighted by atomic mass is 16.6. The van der Waals surface area contributed by atoms with E-state index in [9.17, 15) is 14.9 Å². The molecule has 2 saturated heterocycles. The number of nitrogens with zero attached hydrogens (tertiary/aromatic N) is 3. The Bertz CT molecular complexity index is 667. The smallest absolute Gasteiger partial charge is 0.293 e. The lowest BCUT2D eigenvalue weighted by Gasteiger charge is -2.31. The SMILES string of the molecule is CC1CCN(c2ccc(C(=O)NCCN3CCNCC3)cc2[N+](=O)[O-])CC1. The number of piperidine rings is 1. The van der Waals surface area contributed by atoms with Crippen molar-refractivity contribution in [1.82, 2.24) is 15.5 Å². The van der Waals surface area contributed by atoms with Gasteiger partial charge in [0.25, 0.3) is 11.6 Å². The second-order valence-corrected chi connectivity index (χ2v) is 7.48. The van der Waals surface area contributed by atoms with Crippen molar-refractivity contribution in [2.75, 3.05) is 57.3 Å². The monoisotopic (exact) mass is 375 g/mol. The van der Waals surface area contributed by atoms with Crippen molar-refractivity contribution in [3.63, 3.8) is 0 Å². The molecule has 0 atom stereocenters. The first-order valence-electron chi connectivity index (χ1n) is 9.79. The minimum atomic E-state index is -0.384. The summed E-state index contributed by atoms with van der Waals surface area (Å²) in [6.45, 7) is 9.07. The number of carbonyl (C=O) groups excluding carboxylic acids is 1. The molecular weight excluding hydrogens is 346 g/mol. The molecule has 0 aromatic heterocycles. The topological polar surface area (TPSA) is 90.8 Å². The lowest BCUT2D eigenvalue weighted by atomic mass is 9.98. The summed E-state index contributed by atoms with van der Waals surface area (Å²) >= 11 is 0. The van der Waals surface area contributed by atoms with Gasteiger partial charge in [0, 0.05) is 64.0 Å². The van der Waals surface area contributed by atoms with Crippen LogP contribution in [0.15, 0.2) is 18.2 Å². The molecular formula is C19H29N5O3. The van der Waals surface area contributed by atoms with Crippen molar-refractivity contribution in [3.8, 4) is 0 Å². The largest absolute Gasteiger partial charge is 0.366 e. The Balaban J connectivity index is 1.62. The van der Waals surface area contributed by atoms with Crippen LogP contribution in [-0.4, -0.2) is 68.1 Å². The molecule has 1 amide bonds. The van der Waals surface area contributed by atoms with E-state index in [1.165, 1.54) is 6.07 Å². The molecule has 2 aliphatic rings. The van der Waals surface area contributed by atoms with Crippen molar-refractivity contribution < 1.29 is 9.72 Å². The van der Waals surface area contributed by atoms with E-state index in [2.05, 4.69) is 27.4 Å². The van der Waals surface area contributed by atoms with Gasteiger partial charge in [-0.15, -0.1) is 0 Å². The average molecular weight is 375 g/mol. The van der Waals surface area contributed by atoms with Gasteiger partial charge in [0.2, 0.25) is 0 Å². The van der Waals surface area contributed by atoms with Crippen LogP contribution in [0.5, 0.6) is 0 Å². The molecule has 148 valence electrons. The van der Waals surface area contributed by atoms with Gasteiger partial charge in [-0.05, 0) is 30.9 Å². The number of anilines is 1. The highest BCUT2D eigenvalue weighted by Crippen LogP contribution is 2.32. The van der Waals surface area contributed by atoms with Gasteiger partial charge < -0.3 is 15.5 Å². The van der Waals surface area contributed by atoms with Crippen molar-refractivity contribution in [3.05, 3.63) is 33.9 Å². The standard InChI is InChI=1S/C19H29N5O3/c1-15-4-9-23(10-5-15)17-3-2-16(14-18(17)24(26)27)19(25)21-8-13-22-11-6-20-7-12-22/h2-3,14-15,20H,4-13H2,1H3,(H,21,25). The van der Waals surface area contributed by atoms with E-state index in [1.54, 1.807) is 12.1 Å². The zero-order chi connectivity index (χ0) is 19.2. The van der Waals surface area contributed by atoms with E-state index < -0.39 is 0 Å². The molecule has 2 N–H and O–H groups in total. The molecule has 2 aliphatic heterocycles. The maximum atomic E-state index is 12.4. The van der Waals surface area contributed by atoms with E-state index in [0.29, 0.717) is 23.7 Å². The summed E-state index contributed by atoms with van der Waals surface area (Å²) in [5.74, 6) is 0.396. The van der Waals surface area contributed by atoms with Crippen LogP contribution in [0, 0.1) is 16.0 Å². The molecule has 3 rings (SSSR count).